The molecule has 1 unspecified atom stereocenters. The maximum atomic E-state index is 9.41. The van der Waals surface area contributed by atoms with Crippen molar-refractivity contribution in [3.63, 3.8) is 0 Å². The summed E-state index contributed by atoms with van der Waals surface area (Å²) in [6, 6.07) is 3.82. The molecule has 0 saturated carbocycles. The van der Waals surface area contributed by atoms with Crippen molar-refractivity contribution in [1.82, 2.24) is 0 Å². The molecule has 1 heterocycles. The second-order valence-electron chi connectivity index (χ2n) is 3.06. The summed E-state index contributed by atoms with van der Waals surface area (Å²) in [6.45, 7) is 2.08. The Morgan fingerprint density at radius 2 is 2.33 bits per heavy atom. The van der Waals surface area contributed by atoms with Gasteiger partial charge >= 0.3 is 0 Å². The van der Waals surface area contributed by atoms with Gasteiger partial charge in [-0.05, 0) is 25.0 Å². The van der Waals surface area contributed by atoms with Crippen LogP contribution in [0.1, 0.15) is 31.9 Å². The monoisotopic (exact) mass is 168 g/mol. The molecule has 0 aliphatic heterocycles. The summed E-state index contributed by atoms with van der Waals surface area (Å²) in [5, 5.41) is 9.41. The Labute approximate surface area is 73.2 Å². The van der Waals surface area contributed by atoms with Crippen molar-refractivity contribution in [2.24, 2.45) is 0 Å². The normalized spacial score (nSPS) is 13.2. The van der Waals surface area contributed by atoms with E-state index in [9.17, 15) is 5.11 Å². The number of aryl methyl sites for hydroxylation is 1. The molecule has 0 saturated heterocycles. The van der Waals surface area contributed by atoms with E-state index in [0.717, 1.165) is 31.4 Å². The van der Waals surface area contributed by atoms with E-state index in [0.29, 0.717) is 0 Å². The van der Waals surface area contributed by atoms with Gasteiger partial charge in [-0.25, -0.2) is 0 Å². The summed E-state index contributed by atoms with van der Waals surface area (Å²) in [4.78, 5) is 0. The van der Waals surface area contributed by atoms with Crippen molar-refractivity contribution in [2.45, 2.75) is 38.7 Å². The molecule has 0 aromatic carbocycles. The van der Waals surface area contributed by atoms with E-state index < -0.39 is 0 Å². The van der Waals surface area contributed by atoms with E-state index in [2.05, 4.69) is 6.92 Å². The maximum absolute atomic E-state index is 9.41. The third-order valence-corrected chi connectivity index (χ3v) is 1.93. The van der Waals surface area contributed by atoms with Crippen LogP contribution >= 0.6 is 0 Å². The third-order valence-electron chi connectivity index (χ3n) is 1.93. The molecule has 12 heavy (non-hydrogen) atoms. The summed E-state index contributed by atoms with van der Waals surface area (Å²) >= 11 is 0. The van der Waals surface area contributed by atoms with Crippen LogP contribution in [0.5, 0.6) is 0 Å². The number of rotatable bonds is 5. The van der Waals surface area contributed by atoms with Crippen molar-refractivity contribution >= 4 is 0 Å². The topological polar surface area (TPSA) is 33.4 Å². The van der Waals surface area contributed by atoms with Crippen LogP contribution in [0.25, 0.3) is 0 Å². The number of furan rings is 1. The largest absolute Gasteiger partial charge is 0.469 e. The average molecular weight is 168 g/mol. The average Bonchev–Trinajstić information content (AvgIpc) is 2.53. The van der Waals surface area contributed by atoms with Gasteiger partial charge in [-0.1, -0.05) is 13.3 Å². The van der Waals surface area contributed by atoms with Gasteiger partial charge in [0.05, 0.1) is 12.4 Å². The lowest BCUT2D eigenvalue weighted by molar-refractivity contribution is 0.152. The molecule has 0 amide bonds. The lowest BCUT2D eigenvalue weighted by atomic mass is 10.1. The van der Waals surface area contributed by atoms with Crippen LogP contribution in [0.4, 0.5) is 0 Å². The Bertz CT molecular complexity index is 192. The molecule has 0 aliphatic rings. The molecule has 2 nitrogen and oxygen atoms in total. The molecule has 1 rings (SSSR count). The van der Waals surface area contributed by atoms with Crippen molar-refractivity contribution in [3.05, 3.63) is 24.2 Å². The zero-order chi connectivity index (χ0) is 8.81. The number of hydrogen-bond donors (Lipinski definition) is 1. The Balaban J connectivity index is 2.17. The van der Waals surface area contributed by atoms with Crippen LogP contribution in [0, 0.1) is 0 Å². The molecule has 1 atom stereocenters. The van der Waals surface area contributed by atoms with Crippen LogP contribution in [-0.4, -0.2) is 11.2 Å². The van der Waals surface area contributed by atoms with Gasteiger partial charge in [0, 0.05) is 6.42 Å². The lowest BCUT2D eigenvalue weighted by Gasteiger charge is -2.06. The highest BCUT2D eigenvalue weighted by molar-refractivity contribution is 4.98. The first-order valence-corrected chi connectivity index (χ1v) is 4.53. The van der Waals surface area contributed by atoms with Crippen molar-refractivity contribution in [2.75, 3.05) is 0 Å². The highest BCUT2D eigenvalue weighted by atomic mass is 16.3. The highest BCUT2D eigenvalue weighted by Crippen LogP contribution is 2.08. The smallest absolute Gasteiger partial charge is 0.103 e. The second kappa shape index (κ2) is 4.99. The van der Waals surface area contributed by atoms with Crippen molar-refractivity contribution < 1.29 is 9.52 Å². The SMILES string of the molecule is CCCC(O)CCc1ccco1. The van der Waals surface area contributed by atoms with E-state index in [-0.39, 0.29) is 6.10 Å². The van der Waals surface area contributed by atoms with Crippen molar-refractivity contribution in [3.8, 4) is 0 Å². The van der Waals surface area contributed by atoms with E-state index in [4.69, 9.17) is 4.42 Å². The summed E-state index contributed by atoms with van der Waals surface area (Å²) < 4.78 is 5.15. The first-order valence-electron chi connectivity index (χ1n) is 4.53. The van der Waals surface area contributed by atoms with Gasteiger partial charge in [-0.15, -0.1) is 0 Å². The van der Waals surface area contributed by atoms with E-state index in [1.165, 1.54) is 0 Å². The molecule has 0 radical (unpaired) electrons. The standard InChI is InChI=1S/C10H16O2/c1-2-4-9(11)6-7-10-5-3-8-12-10/h3,5,8-9,11H,2,4,6-7H2,1H3. The molecule has 0 fully saturated rings. The fraction of sp³-hybridized carbons (Fsp3) is 0.600. The molecule has 1 aromatic rings. The minimum absolute atomic E-state index is 0.167. The molecule has 0 aliphatic carbocycles. The fourth-order valence-electron chi connectivity index (χ4n) is 1.24. The van der Waals surface area contributed by atoms with E-state index >= 15 is 0 Å². The molecule has 2 heteroatoms. The molecule has 0 spiro atoms. The van der Waals surface area contributed by atoms with Crippen LogP contribution in [0.2, 0.25) is 0 Å². The quantitative estimate of drug-likeness (QED) is 0.732. The van der Waals surface area contributed by atoms with Gasteiger partial charge in [-0.3, -0.25) is 0 Å². The number of aliphatic hydroxyl groups is 1. The Morgan fingerprint density at radius 1 is 1.50 bits per heavy atom. The Hall–Kier alpha value is -0.760. The van der Waals surface area contributed by atoms with Crippen LogP contribution < -0.4 is 0 Å². The Morgan fingerprint density at radius 3 is 2.92 bits per heavy atom. The fourth-order valence-corrected chi connectivity index (χ4v) is 1.24. The predicted octanol–water partition coefficient (Wildman–Crippen LogP) is 2.37. The van der Waals surface area contributed by atoms with Gasteiger partial charge in [0.1, 0.15) is 5.76 Å². The molecular formula is C10H16O2. The van der Waals surface area contributed by atoms with Gasteiger partial charge in [0.25, 0.3) is 0 Å². The second-order valence-corrected chi connectivity index (χ2v) is 3.06. The molecule has 0 bridgehead atoms. The van der Waals surface area contributed by atoms with Crippen LogP contribution in [-0.2, 0) is 6.42 Å². The zero-order valence-corrected chi connectivity index (χ0v) is 7.49. The number of hydrogen-bond acceptors (Lipinski definition) is 2. The molecule has 68 valence electrons. The van der Waals surface area contributed by atoms with Gasteiger partial charge in [0.15, 0.2) is 0 Å². The number of aliphatic hydroxyl groups excluding tert-OH is 1. The first-order chi connectivity index (χ1) is 5.83. The molecular weight excluding hydrogens is 152 g/mol. The summed E-state index contributed by atoms with van der Waals surface area (Å²) in [7, 11) is 0. The minimum Gasteiger partial charge on any atom is -0.469 e. The summed E-state index contributed by atoms with van der Waals surface area (Å²) in [5.74, 6) is 0.963. The van der Waals surface area contributed by atoms with Crippen LogP contribution in [0.15, 0.2) is 22.8 Å². The molecule has 1 aromatic heterocycles. The first kappa shape index (κ1) is 9.33. The van der Waals surface area contributed by atoms with Crippen molar-refractivity contribution in [1.29, 1.82) is 0 Å². The predicted molar refractivity (Wildman–Crippen MR) is 47.9 cm³/mol. The third kappa shape index (κ3) is 3.09. The van der Waals surface area contributed by atoms with E-state index in [1.807, 2.05) is 12.1 Å². The van der Waals surface area contributed by atoms with E-state index in [1.54, 1.807) is 6.26 Å². The maximum Gasteiger partial charge on any atom is 0.103 e. The Kier molecular flexibility index (Phi) is 3.88. The minimum atomic E-state index is -0.167. The van der Waals surface area contributed by atoms with Gasteiger partial charge in [-0.2, -0.15) is 0 Å². The van der Waals surface area contributed by atoms with Gasteiger partial charge < -0.3 is 9.52 Å². The van der Waals surface area contributed by atoms with Crippen LogP contribution in [0.3, 0.4) is 0 Å². The summed E-state index contributed by atoms with van der Waals surface area (Å²) in [5.41, 5.74) is 0. The zero-order valence-electron chi connectivity index (χ0n) is 7.49. The highest BCUT2D eigenvalue weighted by Gasteiger charge is 2.03. The van der Waals surface area contributed by atoms with Gasteiger partial charge in [0.2, 0.25) is 0 Å². The molecule has 1 N–H and O–H groups in total. The summed E-state index contributed by atoms with van der Waals surface area (Å²) in [6.07, 6.45) is 5.08. The lowest BCUT2D eigenvalue weighted by Crippen LogP contribution is -2.06.